The molecule has 2 aromatic heterocycles. The normalized spacial score (nSPS) is 10.6. The molecule has 0 aliphatic carbocycles. The summed E-state index contributed by atoms with van der Waals surface area (Å²) >= 11 is 0. The van der Waals surface area contributed by atoms with E-state index in [0.29, 0.717) is 10.5 Å². The number of hydrogen-bond acceptors (Lipinski definition) is 7. The van der Waals surface area contributed by atoms with E-state index in [1.54, 1.807) is 12.1 Å². The molecule has 1 aromatic carbocycles. The van der Waals surface area contributed by atoms with Crippen molar-refractivity contribution in [3.63, 3.8) is 0 Å². The predicted molar refractivity (Wildman–Crippen MR) is 62.5 cm³/mol. The molecule has 9 nitrogen and oxygen atoms in total. The Kier molecular flexibility index (Phi) is 2.56. The van der Waals surface area contributed by atoms with Crippen LogP contribution >= 0.6 is 0 Å². The number of nitrogens with zero attached hydrogens (tertiary/aromatic N) is 6. The maximum Gasteiger partial charge on any atom is 0.335 e. The Hall–Kier alpha value is -2.97. The molecule has 0 aliphatic rings. The Balaban J connectivity index is 2.01. The quantitative estimate of drug-likeness (QED) is 0.666. The van der Waals surface area contributed by atoms with Crippen LogP contribution in [0.25, 0.3) is 11.3 Å². The number of hydrogen-bond donors (Lipinski definition) is 1. The van der Waals surface area contributed by atoms with E-state index in [0.717, 1.165) is 5.56 Å². The predicted octanol–water partition coefficient (Wildman–Crippen LogP) is 0.145. The Labute approximate surface area is 107 Å². The number of anilines is 1. The minimum absolute atomic E-state index is 0.228. The minimum atomic E-state index is 0.228. The lowest BCUT2D eigenvalue weighted by atomic mass is 10.1. The Morgan fingerprint density at radius 1 is 1.32 bits per heavy atom. The number of benzene rings is 1. The van der Waals surface area contributed by atoms with Crippen molar-refractivity contribution in [2.75, 3.05) is 5.43 Å². The molecule has 0 saturated carbocycles. The molecule has 0 aliphatic heterocycles. The van der Waals surface area contributed by atoms with Gasteiger partial charge >= 0.3 is 5.82 Å². The Morgan fingerprint density at radius 3 is 2.79 bits per heavy atom. The summed E-state index contributed by atoms with van der Waals surface area (Å²) in [6, 6.07) is 7.40. The van der Waals surface area contributed by atoms with Crippen molar-refractivity contribution in [1.82, 2.24) is 25.5 Å². The second-order valence-corrected chi connectivity index (χ2v) is 3.86. The third-order valence-corrected chi connectivity index (χ3v) is 2.51. The highest BCUT2D eigenvalue weighted by Gasteiger charge is 2.21. The lowest BCUT2D eigenvalue weighted by Gasteiger charge is -2.00. The summed E-state index contributed by atoms with van der Waals surface area (Å²) in [4.78, 5) is 1.55. The van der Waals surface area contributed by atoms with Crippen molar-refractivity contribution in [1.29, 1.82) is 0 Å². The van der Waals surface area contributed by atoms with Gasteiger partial charge in [-0.05, 0) is 22.3 Å². The van der Waals surface area contributed by atoms with E-state index >= 15 is 0 Å². The zero-order valence-electron chi connectivity index (χ0n) is 9.89. The molecule has 0 amide bonds. The van der Waals surface area contributed by atoms with Gasteiger partial charge < -0.3 is 5.21 Å². The Bertz CT molecular complexity index is 674. The second-order valence-electron chi connectivity index (χ2n) is 3.86. The summed E-state index contributed by atoms with van der Waals surface area (Å²) in [6.07, 6.45) is 1.34. The van der Waals surface area contributed by atoms with E-state index in [-0.39, 0.29) is 11.5 Å². The molecular formula is C10H9N7O2. The fraction of sp³-hybridized carbons (Fsp3) is 0.100. The fourth-order valence-corrected chi connectivity index (χ4v) is 1.60. The number of tetrazole rings is 1. The highest BCUT2D eigenvalue weighted by atomic mass is 16.8. The van der Waals surface area contributed by atoms with Gasteiger partial charge in [0, 0.05) is 5.56 Å². The zero-order valence-corrected chi connectivity index (χ0v) is 9.89. The van der Waals surface area contributed by atoms with E-state index in [4.69, 9.17) is 0 Å². The second kappa shape index (κ2) is 4.37. The van der Waals surface area contributed by atoms with Crippen LogP contribution in [0.1, 0.15) is 5.56 Å². The monoisotopic (exact) mass is 259 g/mol. The topological polar surface area (TPSA) is 109 Å². The van der Waals surface area contributed by atoms with Gasteiger partial charge in [0.25, 0.3) is 5.69 Å². The first-order valence-corrected chi connectivity index (χ1v) is 5.41. The van der Waals surface area contributed by atoms with E-state index in [1.807, 2.05) is 19.1 Å². The van der Waals surface area contributed by atoms with Crippen molar-refractivity contribution in [2.24, 2.45) is 0 Å². The lowest BCUT2D eigenvalue weighted by molar-refractivity contribution is -0.793. The Morgan fingerprint density at radius 2 is 2.11 bits per heavy atom. The van der Waals surface area contributed by atoms with Crippen LogP contribution in [-0.4, -0.2) is 25.5 Å². The van der Waals surface area contributed by atoms with Crippen molar-refractivity contribution in [3.05, 3.63) is 41.4 Å². The van der Waals surface area contributed by atoms with E-state index in [2.05, 4.69) is 30.7 Å². The molecule has 0 spiro atoms. The lowest BCUT2D eigenvalue weighted by Crippen LogP contribution is -2.26. The third-order valence-electron chi connectivity index (χ3n) is 2.51. The molecule has 0 bridgehead atoms. The average Bonchev–Trinajstić information content (AvgIpc) is 3.02. The van der Waals surface area contributed by atoms with Gasteiger partial charge in [-0.15, -0.1) is 9.89 Å². The first-order chi connectivity index (χ1) is 9.24. The molecule has 0 atom stereocenters. The molecule has 0 fully saturated rings. The van der Waals surface area contributed by atoms with Gasteiger partial charge in [0.05, 0.1) is 5.16 Å². The summed E-state index contributed by atoms with van der Waals surface area (Å²) in [7, 11) is 0. The first-order valence-electron chi connectivity index (χ1n) is 5.41. The number of nitrogens with one attached hydrogen (secondary N) is 1. The van der Waals surface area contributed by atoms with Crippen molar-refractivity contribution in [2.45, 2.75) is 6.92 Å². The van der Waals surface area contributed by atoms with Crippen LogP contribution in [0.5, 0.6) is 0 Å². The van der Waals surface area contributed by atoms with Gasteiger partial charge in [-0.2, -0.15) is 0 Å². The van der Waals surface area contributed by atoms with Crippen molar-refractivity contribution >= 4 is 5.82 Å². The van der Waals surface area contributed by atoms with Crippen LogP contribution in [0.2, 0.25) is 0 Å². The standard InChI is InChI=1S/C10H9N7O2/c1-7-2-4-8(5-3-7)9-10(13-19-17(9)18)12-16-6-11-14-15-16/h2-6H,1H3,(H,12,13). The van der Waals surface area contributed by atoms with Crippen LogP contribution in [0.4, 0.5) is 5.82 Å². The SMILES string of the molecule is Cc1ccc(-c2c(Nn3cnnn3)no[n+]2[O-])cc1. The highest BCUT2D eigenvalue weighted by molar-refractivity contribution is 5.68. The molecule has 1 N–H and O–H groups in total. The molecule has 0 saturated heterocycles. The average molecular weight is 259 g/mol. The maximum atomic E-state index is 11.6. The molecule has 96 valence electrons. The third kappa shape index (κ3) is 2.08. The maximum absolute atomic E-state index is 11.6. The highest BCUT2D eigenvalue weighted by Crippen LogP contribution is 2.22. The summed E-state index contributed by atoms with van der Waals surface area (Å²) in [5, 5.41) is 25.8. The summed E-state index contributed by atoms with van der Waals surface area (Å²) in [5.74, 6) is 0.228. The zero-order chi connectivity index (χ0) is 13.2. The molecule has 0 unspecified atom stereocenters. The van der Waals surface area contributed by atoms with Crippen LogP contribution in [0, 0.1) is 12.1 Å². The number of aromatic nitrogens is 6. The molecule has 9 heteroatoms. The van der Waals surface area contributed by atoms with Gasteiger partial charge in [0.2, 0.25) is 0 Å². The van der Waals surface area contributed by atoms with Crippen LogP contribution in [0.3, 0.4) is 0 Å². The van der Waals surface area contributed by atoms with Crippen molar-refractivity contribution < 1.29 is 9.53 Å². The number of rotatable bonds is 3. The van der Waals surface area contributed by atoms with Gasteiger partial charge in [-0.25, -0.2) is 5.43 Å². The smallest absolute Gasteiger partial charge is 0.335 e. The molecule has 3 rings (SSSR count). The van der Waals surface area contributed by atoms with Crippen LogP contribution in [0.15, 0.2) is 35.2 Å². The summed E-state index contributed by atoms with van der Waals surface area (Å²) in [5.41, 5.74) is 4.77. The molecule has 19 heavy (non-hydrogen) atoms. The number of aryl methyl sites for hydroxylation is 1. The fourth-order valence-electron chi connectivity index (χ4n) is 1.60. The minimum Gasteiger partial charge on any atom is -0.359 e. The van der Waals surface area contributed by atoms with Gasteiger partial charge in [0.15, 0.2) is 6.33 Å². The summed E-state index contributed by atoms with van der Waals surface area (Å²) < 4.78 is 4.60. The molecule has 2 heterocycles. The van der Waals surface area contributed by atoms with Gasteiger partial charge in [-0.1, -0.05) is 29.8 Å². The largest absolute Gasteiger partial charge is 0.359 e. The van der Waals surface area contributed by atoms with Gasteiger partial charge in [-0.3, -0.25) is 4.63 Å². The molecular weight excluding hydrogens is 250 g/mol. The van der Waals surface area contributed by atoms with E-state index in [1.165, 1.54) is 11.1 Å². The van der Waals surface area contributed by atoms with E-state index in [9.17, 15) is 5.21 Å². The van der Waals surface area contributed by atoms with Crippen LogP contribution in [-0.2, 0) is 0 Å². The van der Waals surface area contributed by atoms with Crippen LogP contribution < -0.4 is 10.3 Å². The van der Waals surface area contributed by atoms with E-state index < -0.39 is 0 Å². The van der Waals surface area contributed by atoms with Crippen molar-refractivity contribution in [3.8, 4) is 11.3 Å². The summed E-state index contributed by atoms with van der Waals surface area (Å²) in [6.45, 7) is 1.96. The molecule has 3 aromatic rings. The molecule has 0 radical (unpaired) electrons. The van der Waals surface area contributed by atoms with Gasteiger partial charge in [0.1, 0.15) is 0 Å². The first kappa shape index (κ1) is 11.1.